The summed E-state index contributed by atoms with van der Waals surface area (Å²) in [5.41, 5.74) is 4.00. The van der Waals surface area contributed by atoms with Crippen molar-refractivity contribution in [2.24, 2.45) is 5.16 Å². The molecule has 0 amide bonds. The molecule has 4 rings (SSSR count). The minimum Gasteiger partial charge on any atom is -0.492 e. The number of rotatable bonds is 12. The molecule has 0 saturated heterocycles. The van der Waals surface area contributed by atoms with E-state index in [0.29, 0.717) is 42.7 Å². The maximum atomic E-state index is 12.8. The highest BCUT2D eigenvalue weighted by molar-refractivity contribution is 7.16. The molecule has 1 aromatic heterocycles. The highest BCUT2D eigenvalue weighted by Crippen LogP contribution is 2.23. The summed E-state index contributed by atoms with van der Waals surface area (Å²) in [6, 6.07) is 20.6. The summed E-state index contributed by atoms with van der Waals surface area (Å²) in [6.45, 7) is 2.96. The second-order valence-electron chi connectivity index (χ2n) is 8.50. The Morgan fingerprint density at radius 3 is 2.51 bits per heavy atom. The molecular formula is C29H29ClN2O6S. The van der Waals surface area contributed by atoms with Gasteiger partial charge >= 0.3 is 10.8 Å². The lowest BCUT2D eigenvalue weighted by Crippen LogP contribution is -2.28. The molecule has 0 spiro atoms. The number of fused-ring (bicyclic) bond motifs is 1. The number of oxime groups is 1. The molecular weight excluding hydrogens is 540 g/mol. The van der Waals surface area contributed by atoms with Crippen LogP contribution in [0, 0.1) is 0 Å². The molecule has 0 aliphatic rings. The average molecular weight is 569 g/mol. The zero-order chi connectivity index (χ0) is 27.8. The Hall–Kier alpha value is -3.66. The number of carbonyl (C=O) groups is 1. The van der Waals surface area contributed by atoms with Gasteiger partial charge in [-0.1, -0.05) is 58.4 Å². The van der Waals surface area contributed by atoms with Gasteiger partial charge in [0.25, 0.3) is 0 Å². The molecule has 0 fully saturated rings. The molecule has 0 saturated carbocycles. The van der Waals surface area contributed by atoms with Crippen LogP contribution in [0.1, 0.15) is 23.6 Å². The minimum absolute atomic E-state index is 0.0705. The van der Waals surface area contributed by atoms with Gasteiger partial charge in [0.1, 0.15) is 25.2 Å². The van der Waals surface area contributed by atoms with Crippen molar-refractivity contribution in [1.82, 2.24) is 4.57 Å². The third-order valence-corrected chi connectivity index (χ3v) is 7.16. The van der Waals surface area contributed by atoms with E-state index in [2.05, 4.69) is 5.16 Å². The Labute approximate surface area is 235 Å². The van der Waals surface area contributed by atoms with Gasteiger partial charge in [0.05, 0.1) is 23.9 Å². The van der Waals surface area contributed by atoms with Crippen molar-refractivity contribution >= 4 is 44.8 Å². The largest absolute Gasteiger partial charge is 0.492 e. The molecule has 39 heavy (non-hydrogen) atoms. The number of carbonyl (C=O) groups excluding carboxylic acids is 1. The summed E-state index contributed by atoms with van der Waals surface area (Å²) in [5.74, 6) is 0.269. The van der Waals surface area contributed by atoms with Gasteiger partial charge in [-0.05, 0) is 48.9 Å². The van der Waals surface area contributed by atoms with Crippen LogP contribution in [0.5, 0.6) is 5.75 Å². The lowest BCUT2D eigenvalue weighted by atomic mass is 10.0. The Bertz CT molecular complexity index is 1510. The van der Waals surface area contributed by atoms with E-state index < -0.39 is 12.1 Å². The third kappa shape index (κ3) is 7.06. The molecule has 0 radical (unpaired) electrons. The fourth-order valence-electron chi connectivity index (χ4n) is 4.16. The summed E-state index contributed by atoms with van der Waals surface area (Å²) in [5, 5.41) is 4.79. The Morgan fingerprint density at radius 1 is 1.05 bits per heavy atom. The summed E-state index contributed by atoms with van der Waals surface area (Å²) < 4.78 is 18.7. The van der Waals surface area contributed by atoms with E-state index in [-0.39, 0.29) is 4.87 Å². The summed E-state index contributed by atoms with van der Waals surface area (Å²) in [4.78, 5) is 29.7. The number of thiazole rings is 1. The summed E-state index contributed by atoms with van der Waals surface area (Å²) in [7, 11) is 2.84. The fourth-order valence-corrected chi connectivity index (χ4v) is 5.31. The predicted octanol–water partition coefficient (Wildman–Crippen LogP) is 5.31. The topological polar surface area (TPSA) is 88.4 Å². The number of nitrogens with zero attached hydrogens (tertiary/aromatic N) is 2. The number of hydrogen-bond donors (Lipinski definition) is 0. The molecule has 8 nitrogen and oxygen atoms in total. The van der Waals surface area contributed by atoms with Gasteiger partial charge in [-0.3, -0.25) is 9.36 Å². The second-order valence-corrected chi connectivity index (χ2v) is 9.93. The van der Waals surface area contributed by atoms with Crippen LogP contribution in [0.2, 0.25) is 5.02 Å². The smallest absolute Gasteiger partial charge is 0.335 e. The van der Waals surface area contributed by atoms with Gasteiger partial charge in [0.15, 0.2) is 6.10 Å². The number of halogens is 1. The van der Waals surface area contributed by atoms with Gasteiger partial charge in [-0.15, -0.1) is 0 Å². The maximum Gasteiger partial charge on any atom is 0.335 e. The molecule has 1 atom stereocenters. The lowest BCUT2D eigenvalue weighted by Gasteiger charge is -2.15. The number of aromatic nitrogens is 1. The minimum atomic E-state index is -0.645. The van der Waals surface area contributed by atoms with Crippen LogP contribution in [0.15, 0.2) is 76.7 Å². The van der Waals surface area contributed by atoms with Crippen LogP contribution < -0.4 is 9.61 Å². The van der Waals surface area contributed by atoms with E-state index >= 15 is 0 Å². The normalized spacial score (nSPS) is 12.4. The molecule has 1 unspecified atom stereocenters. The van der Waals surface area contributed by atoms with Crippen LogP contribution in [0.4, 0.5) is 0 Å². The van der Waals surface area contributed by atoms with Crippen LogP contribution in [-0.2, 0) is 32.1 Å². The summed E-state index contributed by atoms with van der Waals surface area (Å²) >= 11 is 7.34. The van der Waals surface area contributed by atoms with Gasteiger partial charge in [0.2, 0.25) is 0 Å². The van der Waals surface area contributed by atoms with Crippen LogP contribution >= 0.6 is 22.9 Å². The monoisotopic (exact) mass is 568 g/mol. The Balaban J connectivity index is 1.44. The van der Waals surface area contributed by atoms with Gasteiger partial charge in [-0.25, -0.2) is 4.79 Å². The number of hydrogen-bond acceptors (Lipinski definition) is 8. The van der Waals surface area contributed by atoms with E-state index in [1.807, 2.05) is 67.6 Å². The Morgan fingerprint density at radius 2 is 1.82 bits per heavy atom. The quantitative estimate of drug-likeness (QED) is 0.131. The number of benzene rings is 3. The van der Waals surface area contributed by atoms with Gasteiger partial charge < -0.3 is 19.0 Å². The maximum absolute atomic E-state index is 12.8. The van der Waals surface area contributed by atoms with Gasteiger partial charge in [-0.2, -0.15) is 0 Å². The molecule has 0 bridgehead atoms. The molecule has 204 valence electrons. The number of ether oxygens (including phenoxy) is 3. The number of methoxy groups -OCH3 is 1. The van der Waals surface area contributed by atoms with E-state index in [1.54, 1.807) is 10.6 Å². The highest BCUT2D eigenvalue weighted by Gasteiger charge is 2.20. The van der Waals surface area contributed by atoms with Crippen molar-refractivity contribution in [1.29, 1.82) is 0 Å². The van der Waals surface area contributed by atoms with Crippen molar-refractivity contribution in [2.45, 2.75) is 26.0 Å². The van der Waals surface area contributed by atoms with E-state index in [1.165, 1.54) is 25.6 Å². The molecule has 0 aliphatic heterocycles. The molecule has 3 aromatic carbocycles. The first-order chi connectivity index (χ1) is 18.9. The van der Waals surface area contributed by atoms with Crippen molar-refractivity contribution in [3.63, 3.8) is 0 Å². The van der Waals surface area contributed by atoms with Crippen LogP contribution in [0.3, 0.4) is 0 Å². The van der Waals surface area contributed by atoms with E-state index in [0.717, 1.165) is 26.9 Å². The Kier molecular flexibility index (Phi) is 9.75. The zero-order valence-corrected chi connectivity index (χ0v) is 23.5. The molecule has 0 N–H and O–H groups in total. The average Bonchev–Trinajstić information content (AvgIpc) is 3.25. The standard InChI is InChI=1S/C29H29ClN2O6S/c1-4-37-25(28(33)35-2)16-19-8-11-23(12-9-19)38-15-14-32-24-13-10-21(18-26(24)39-29(32)34)27(31-36-3)20-6-5-7-22(30)17-20/h5-13,17-18,25H,4,14-16H2,1-3H3. The van der Waals surface area contributed by atoms with Gasteiger partial charge in [0, 0.05) is 29.2 Å². The molecule has 4 aromatic rings. The second kappa shape index (κ2) is 13.4. The first-order valence-electron chi connectivity index (χ1n) is 12.4. The molecule has 1 heterocycles. The third-order valence-electron chi connectivity index (χ3n) is 5.98. The first-order valence-corrected chi connectivity index (χ1v) is 13.5. The molecule has 0 aliphatic carbocycles. The summed E-state index contributed by atoms with van der Waals surface area (Å²) in [6.07, 6.45) is -0.235. The number of esters is 1. The van der Waals surface area contributed by atoms with Crippen LogP contribution in [0.25, 0.3) is 10.2 Å². The van der Waals surface area contributed by atoms with E-state index in [9.17, 15) is 9.59 Å². The first kappa shape index (κ1) is 28.4. The van der Waals surface area contributed by atoms with Crippen molar-refractivity contribution < 1.29 is 23.8 Å². The fraction of sp³-hybridized carbons (Fsp3) is 0.276. The lowest BCUT2D eigenvalue weighted by molar-refractivity contribution is -0.153. The van der Waals surface area contributed by atoms with Crippen molar-refractivity contribution in [2.75, 3.05) is 27.4 Å². The SMILES string of the molecule is CCOC(Cc1ccc(OCCn2c(=O)sc3cc(C(=NOC)c4cccc(Cl)c4)ccc32)cc1)C(=O)OC. The van der Waals surface area contributed by atoms with Crippen molar-refractivity contribution in [3.8, 4) is 5.75 Å². The molecule has 10 heteroatoms. The van der Waals surface area contributed by atoms with Crippen molar-refractivity contribution in [3.05, 3.63) is 98.1 Å². The highest BCUT2D eigenvalue weighted by atomic mass is 35.5. The predicted molar refractivity (Wildman–Crippen MR) is 153 cm³/mol. The van der Waals surface area contributed by atoms with Crippen LogP contribution in [-0.4, -0.2) is 49.8 Å². The van der Waals surface area contributed by atoms with E-state index in [4.69, 9.17) is 30.6 Å². The zero-order valence-electron chi connectivity index (χ0n) is 21.9.